The molecule has 0 saturated carbocycles. The van der Waals surface area contributed by atoms with Crippen molar-refractivity contribution in [3.8, 4) is 11.3 Å². The van der Waals surface area contributed by atoms with Gasteiger partial charge in [0.25, 0.3) is 0 Å². The highest BCUT2D eigenvalue weighted by molar-refractivity contribution is 7.19. The van der Waals surface area contributed by atoms with Crippen molar-refractivity contribution < 1.29 is 0 Å². The normalized spacial score (nSPS) is 11.6. The molecular weight excluding hydrogens is 621 g/mol. The molecule has 2 nitrogen and oxygen atoms in total. The molecule has 0 spiro atoms. The van der Waals surface area contributed by atoms with Crippen LogP contribution in [0.4, 0.5) is 0 Å². The Balaban J connectivity index is 1.48. The largest absolute Gasteiger partial charge is 0.260 e. The summed E-state index contributed by atoms with van der Waals surface area (Å²) in [4.78, 5) is 9.84. The molecule has 0 radical (unpaired) electrons. The van der Waals surface area contributed by atoms with Gasteiger partial charge in [0.1, 0.15) is 0 Å². The standard InChI is InChI=1S/C47H36N2Si/c1-5-20-38(21-6-1)47(39-22-7-2-8-23-39,46-32-14-16-34-49-46)40-24-18-30-44(36-40)50(41-25-9-3-10-26-41,42-27-11-4-12-28-42)43-29-17-19-37(35-43)45-31-13-15-33-48-45/h1-36H. The van der Waals surface area contributed by atoms with Crippen molar-refractivity contribution in [1.82, 2.24) is 9.97 Å². The summed E-state index contributed by atoms with van der Waals surface area (Å²) in [6, 6.07) is 74.7. The Morgan fingerprint density at radius 2 is 0.800 bits per heavy atom. The molecule has 0 aliphatic carbocycles. The number of hydrogen-bond donors (Lipinski definition) is 0. The summed E-state index contributed by atoms with van der Waals surface area (Å²) in [6.07, 6.45) is 3.78. The number of aromatic nitrogens is 2. The predicted octanol–water partition coefficient (Wildman–Crippen LogP) is 7.90. The van der Waals surface area contributed by atoms with Gasteiger partial charge in [0.2, 0.25) is 0 Å². The monoisotopic (exact) mass is 656 g/mol. The first-order valence-corrected chi connectivity index (χ1v) is 19.1. The van der Waals surface area contributed by atoms with Gasteiger partial charge in [0, 0.05) is 18.0 Å². The second-order valence-electron chi connectivity index (χ2n) is 12.6. The highest BCUT2D eigenvalue weighted by Gasteiger charge is 2.44. The molecule has 0 bridgehead atoms. The van der Waals surface area contributed by atoms with Gasteiger partial charge in [-0.05, 0) is 61.7 Å². The summed E-state index contributed by atoms with van der Waals surface area (Å²) >= 11 is 0. The van der Waals surface area contributed by atoms with E-state index in [1.54, 1.807) is 0 Å². The topological polar surface area (TPSA) is 25.8 Å². The van der Waals surface area contributed by atoms with Crippen molar-refractivity contribution in [2.24, 2.45) is 0 Å². The Kier molecular flexibility index (Phi) is 8.56. The second kappa shape index (κ2) is 13.8. The van der Waals surface area contributed by atoms with Crippen molar-refractivity contribution >= 4 is 28.8 Å². The van der Waals surface area contributed by atoms with E-state index >= 15 is 0 Å². The summed E-state index contributed by atoms with van der Waals surface area (Å²) in [5.41, 5.74) is 5.92. The molecule has 238 valence electrons. The molecule has 8 rings (SSSR count). The Morgan fingerprint density at radius 3 is 1.34 bits per heavy atom. The molecule has 2 heterocycles. The van der Waals surface area contributed by atoms with Gasteiger partial charge in [0.15, 0.2) is 8.07 Å². The zero-order valence-corrected chi connectivity index (χ0v) is 28.7. The third-order valence-corrected chi connectivity index (χ3v) is 14.6. The lowest BCUT2D eigenvalue weighted by Crippen LogP contribution is -2.74. The third kappa shape index (κ3) is 5.38. The molecular formula is C47H36N2Si. The summed E-state index contributed by atoms with van der Waals surface area (Å²) in [5.74, 6) is 0. The van der Waals surface area contributed by atoms with Crippen LogP contribution in [0.5, 0.6) is 0 Å². The fraction of sp³-hybridized carbons (Fsp3) is 0.0213. The van der Waals surface area contributed by atoms with Crippen molar-refractivity contribution in [2.45, 2.75) is 5.41 Å². The van der Waals surface area contributed by atoms with Gasteiger partial charge in [0.05, 0.1) is 16.8 Å². The lowest BCUT2D eigenvalue weighted by molar-refractivity contribution is 0.715. The zero-order valence-electron chi connectivity index (χ0n) is 27.7. The summed E-state index contributed by atoms with van der Waals surface area (Å²) in [6.45, 7) is 0. The molecule has 8 aromatic rings. The van der Waals surface area contributed by atoms with E-state index in [9.17, 15) is 0 Å². The van der Waals surface area contributed by atoms with Crippen LogP contribution in [0.25, 0.3) is 11.3 Å². The fourth-order valence-electron chi connectivity index (χ4n) is 7.71. The Morgan fingerprint density at radius 1 is 0.340 bits per heavy atom. The van der Waals surface area contributed by atoms with Gasteiger partial charge in [-0.3, -0.25) is 9.97 Å². The van der Waals surface area contributed by atoms with E-state index in [2.05, 4.69) is 194 Å². The number of pyridine rings is 2. The van der Waals surface area contributed by atoms with Crippen molar-refractivity contribution in [3.05, 3.63) is 241 Å². The van der Waals surface area contributed by atoms with Crippen molar-refractivity contribution in [2.75, 3.05) is 0 Å². The van der Waals surface area contributed by atoms with Crippen LogP contribution in [0.1, 0.15) is 22.4 Å². The molecule has 0 unspecified atom stereocenters. The lowest BCUT2D eigenvalue weighted by Gasteiger charge is -2.38. The van der Waals surface area contributed by atoms with Crippen LogP contribution in [-0.2, 0) is 5.41 Å². The fourth-order valence-corrected chi connectivity index (χ4v) is 12.5. The molecule has 0 aliphatic rings. The van der Waals surface area contributed by atoms with E-state index < -0.39 is 13.5 Å². The van der Waals surface area contributed by atoms with Crippen molar-refractivity contribution in [3.63, 3.8) is 0 Å². The molecule has 0 fully saturated rings. The molecule has 2 aromatic heterocycles. The average molecular weight is 657 g/mol. The smallest absolute Gasteiger partial charge is 0.179 e. The maximum Gasteiger partial charge on any atom is 0.179 e. The molecule has 50 heavy (non-hydrogen) atoms. The van der Waals surface area contributed by atoms with Gasteiger partial charge in [-0.2, -0.15) is 0 Å². The van der Waals surface area contributed by atoms with Crippen LogP contribution in [0, 0.1) is 0 Å². The molecule has 3 heteroatoms. The zero-order chi connectivity index (χ0) is 33.6. The number of rotatable bonds is 9. The Hall–Kier alpha value is -6.16. The first-order chi connectivity index (χ1) is 24.8. The second-order valence-corrected chi connectivity index (χ2v) is 16.4. The van der Waals surface area contributed by atoms with Gasteiger partial charge in [-0.25, -0.2) is 0 Å². The minimum atomic E-state index is -2.93. The van der Waals surface area contributed by atoms with Crippen molar-refractivity contribution in [1.29, 1.82) is 0 Å². The van der Waals surface area contributed by atoms with Crippen LogP contribution in [0.3, 0.4) is 0 Å². The molecule has 6 aromatic carbocycles. The first-order valence-electron chi connectivity index (χ1n) is 17.1. The summed E-state index contributed by atoms with van der Waals surface area (Å²) in [7, 11) is -2.93. The molecule has 0 amide bonds. The summed E-state index contributed by atoms with van der Waals surface area (Å²) in [5, 5.41) is 5.25. The molecule has 0 saturated heterocycles. The van der Waals surface area contributed by atoms with Crippen LogP contribution in [0.15, 0.2) is 219 Å². The van der Waals surface area contributed by atoms with Crippen LogP contribution in [-0.4, -0.2) is 18.0 Å². The van der Waals surface area contributed by atoms with Gasteiger partial charge in [-0.15, -0.1) is 0 Å². The van der Waals surface area contributed by atoms with Gasteiger partial charge >= 0.3 is 0 Å². The predicted molar refractivity (Wildman–Crippen MR) is 209 cm³/mol. The minimum Gasteiger partial charge on any atom is -0.260 e. The highest BCUT2D eigenvalue weighted by atomic mass is 28.3. The lowest BCUT2D eigenvalue weighted by atomic mass is 9.67. The van der Waals surface area contributed by atoms with E-state index in [4.69, 9.17) is 9.97 Å². The van der Waals surface area contributed by atoms with E-state index in [0.29, 0.717) is 0 Å². The van der Waals surface area contributed by atoms with E-state index in [-0.39, 0.29) is 0 Å². The highest BCUT2D eigenvalue weighted by Crippen LogP contribution is 2.44. The van der Waals surface area contributed by atoms with Crippen LogP contribution in [0.2, 0.25) is 0 Å². The average Bonchev–Trinajstić information content (AvgIpc) is 3.21. The third-order valence-electron chi connectivity index (χ3n) is 9.86. The number of nitrogens with zero attached hydrogens (tertiary/aromatic N) is 2. The minimum absolute atomic E-state index is 0.664. The maximum atomic E-state index is 5.10. The quantitative estimate of drug-likeness (QED) is 0.117. The van der Waals surface area contributed by atoms with Gasteiger partial charge < -0.3 is 0 Å². The number of hydrogen-bond acceptors (Lipinski definition) is 2. The maximum absolute atomic E-state index is 5.10. The number of benzene rings is 6. The molecule has 0 N–H and O–H groups in total. The van der Waals surface area contributed by atoms with E-state index in [1.807, 2.05) is 24.5 Å². The molecule has 0 aliphatic heterocycles. The molecule has 0 atom stereocenters. The first kappa shape index (κ1) is 31.1. The Labute approximate surface area is 295 Å². The van der Waals surface area contributed by atoms with E-state index in [1.165, 1.54) is 37.4 Å². The van der Waals surface area contributed by atoms with E-state index in [0.717, 1.165) is 17.0 Å². The Bertz CT molecular complexity index is 2160. The summed E-state index contributed by atoms with van der Waals surface area (Å²) < 4.78 is 0. The SMILES string of the molecule is c1ccc(C(c2ccccc2)(c2cccc([Si](c3ccccc3)(c3ccccc3)c3cccc(-c4ccccn4)c3)c2)c2ccccn2)cc1. The van der Waals surface area contributed by atoms with Crippen LogP contribution < -0.4 is 20.7 Å². The van der Waals surface area contributed by atoms with Gasteiger partial charge in [-0.1, -0.05) is 182 Å². The van der Waals surface area contributed by atoms with Crippen LogP contribution >= 0.6 is 0 Å².